The van der Waals surface area contributed by atoms with E-state index >= 15 is 0 Å². The fourth-order valence-electron chi connectivity index (χ4n) is 1.70. The van der Waals surface area contributed by atoms with Crippen LogP contribution in [0.4, 0.5) is 0 Å². The smallest absolute Gasteiger partial charge is 0.0926 e. The Hall–Kier alpha value is -0.830. The summed E-state index contributed by atoms with van der Waals surface area (Å²) in [6.45, 7) is 0.519. The van der Waals surface area contributed by atoms with Crippen molar-refractivity contribution in [1.82, 2.24) is 0 Å². The first-order valence-corrected chi connectivity index (χ1v) is 7.27. The molecule has 0 aliphatic heterocycles. The Bertz CT molecular complexity index is 487. The number of alkyl halides is 1. The van der Waals surface area contributed by atoms with Gasteiger partial charge < -0.3 is 4.74 Å². The summed E-state index contributed by atoms with van der Waals surface area (Å²) in [7, 11) is 0. The topological polar surface area (TPSA) is 9.23 Å². The van der Waals surface area contributed by atoms with Gasteiger partial charge in [0.2, 0.25) is 0 Å². The van der Waals surface area contributed by atoms with Crippen molar-refractivity contribution in [2.45, 2.75) is 12.7 Å². The standard InChI is InChI=1S/C15H14BrClO/c16-10-15(12-6-2-1-3-7-12)18-11-13-8-4-5-9-14(13)17/h1-9,15H,10-11H2. The molecule has 0 heterocycles. The molecule has 0 radical (unpaired) electrons. The van der Waals surface area contributed by atoms with E-state index in [4.69, 9.17) is 16.3 Å². The van der Waals surface area contributed by atoms with Crippen molar-refractivity contribution in [1.29, 1.82) is 0 Å². The normalized spacial score (nSPS) is 12.3. The average Bonchev–Trinajstić information content (AvgIpc) is 2.42. The van der Waals surface area contributed by atoms with Crippen LogP contribution in [0.15, 0.2) is 54.6 Å². The van der Waals surface area contributed by atoms with Crippen LogP contribution < -0.4 is 0 Å². The first-order chi connectivity index (χ1) is 8.81. The zero-order chi connectivity index (χ0) is 12.8. The molecule has 0 saturated carbocycles. The fraction of sp³-hybridized carbons (Fsp3) is 0.200. The molecule has 1 unspecified atom stereocenters. The van der Waals surface area contributed by atoms with Gasteiger partial charge in [0.25, 0.3) is 0 Å². The van der Waals surface area contributed by atoms with E-state index in [0.717, 1.165) is 15.9 Å². The number of hydrogen-bond donors (Lipinski definition) is 0. The third-order valence-electron chi connectivity index (χ3n) is 2.71. The van der Waals surface area contributed by atoms with Crippen LogP contribution in [-0.4, -0.2) is 5.33 Å². The second-order valence-corrected chi connectivity index (χ2v) is 5.01. The van der Waals surface area contributed by atoms with E-state index in [1.165, 1.54) is 5.56 Å². The van der Waals surface area contributed by atoms with Crippen LogP contribution in [0.3, 0.4) is 0 Å². The Labute approximate surface area is 121 Å². The van der Waals surface area contributed by atoms with Crippen LogP contribution in [-0.2, 0) is 11.3 Å². The van der Waals surface area contributed by atoms with Crippen LogP contribution in [0.5, 0.6) is 0 Å². The Morgan fingerprint density at radius 2 is 1.67 bits per heavy atom. The summed E-state index contributed by atoms with van der Waals surface area (Å²) in [4.78, 5) is 0. The number of halogens is 2. The van der Waals surface area contributed by atoms with Crippen molar-refractivity contribution in [3.05, 3.63) is 70.7 Å². The van der Waals surface area contributed by atoms with E-state index in [1.54, 1.807) is 0 Å². The van der Waals surface area contributed by atoms with E-state index in [2.05, 4.69) is 28.1 Å². The zero-order valence-corrected chi connectivity index (χ0v) is 12.2. The number of benzene rings is 2. The summed E-state index contributed by atoms with van der Waals surface area (Å²) in [6.07, 6.45) is 0.0440. The van der Waals surface area contributed by atoms with Gasteiger partial charge in [-0.05, 0) is 17.2 Å². The molecule has 3 heteroatoms. The highest BCUT2D eigenvalue weighted by atomic mass is 79.9. The lowest BCUT2D eigenvalue weighted by Crippen LogP contribution is -2.06. The molecule has 0 spiro atoms. The SMILES string of the molecule is Clc1ccccc1COC(CBr)c1ccccc1. The van der Waals surface area contributed by atoms with E-state index in [0.29, 0.717) is 6.61 Å². The molecule has 2 aromatic rings. The van der Waals surface area contributed by atoms with Gasteiger partial charge in [-0.1, -0.05) is 76.1 Å². The minimum atomic E-state index is 0.0440. The van der Waals surface area contributed by atoms with Gasteiger partial charge in [0.1, 0.15) is 0 Å². The summed E-state index contributed by atoms with van der Waals surface area (Å²) < 4.78 is 5.91. The predicted octanol–water partition coefficient (Wildman–Crippen LogP) is 4.99. The Balaban J connectivity index is 2.02. The molecule has 1 atom stereocenters. The number of hydrogen-bond acceptors (Lipinski definition) is 1. The Kier molecular flexibility index (Phi) is 5.24. The summed E-state index contributed by atoms with van der Waals surface area (Å²) in [5.74, 6) is 0. The Morgan fingerprint density at radius 3 is 2.33 bits per heavy atom. The first kappa shape index (κ1) is 13.6. The van der Waals surface area contributed by atoms with Crippen molar-refractivity contribution >= 4 is 27.5 Å². The lowest BCUT2D eigenvalue weighted by molar-refractivity contribution is 0.0566. The van der Waals surface area contributed by atoms with Crippen molar-refractivity contribution in [3.63, 3.8) is 0 Å². The van der Waals surface area contributed by atoms with E-state index in [1.807, 2.05) is 42.5 Å². The van der Waals surface area contributed by atoms with E-state index in [-0.39, 0.29) is 6.10 Å². The quantitative estimate of drug-likeness (QED) is 0.703. The molecule has 2 rings (SSSR count). The summed E-state index contributed by atoms with van der Waals surface area (Å²) in [5.41, 5.74) is 2.18. The molecule has 0 aliphatic carbocycles. The van der Waals surface area contributed by atoms with Crippen LogP contribution in [0.25, 0.3) is 0 Å². The Morgan fingerprint density at radius 1 is 1.00 bits per heavy atom. The maximum atomic E-state index is 6.11. The molecule has 0 amide bonds. The maximum absolute atomic E-state index is 6.11. The molecule has 0 N–H and O–H groups in total. The fourth-order valence-corrected chi connectivity index (χ4v) is 2.45. The van der Waals surface area contributed by atoms with Gasteiger partial charge in [-0.15, -0.1) is 0 Å². The lowest BCUT2D eigenvalue weighted by atomic mass is 10.1. The summed E-state index contributed by atoms with van der Waals surface area (Å²) >= 11 is 9.59. The highest BCUT2D eigenvalue weighted by molar-refractivity contribution is 9.09. The number of ether oxygens (including phenoxy) is 1. The van der Waals surface area contributed by atoms with Crippen molar-refractivity contribution in [2.75, 3.05) is 5.33 Å². The van der Waals surface area contributed by atoms with Gasteiger partial charge in [0.05, 0.1) is 12.7 Å². The molecule has 1 nitrogen and oxygen atoms in total. The minimum absolute atomic E-state index is 0.0440. The van der Waals surface area contributed by atoms with Crippen molar-refractivity contribution < 1.29 is 4.74 Å². The average molecular weight is 326 g/mol. The van der Waals surface area contributed by atoms with E-state index in [9.17, 15) is 0 Å². The maximum Gasteiger partial charge on any atom is 0.0926 e. The highest BCUT2D eigenvalue weighted by Crippen LogP contribution is 2.23. The molecular formula is C15H14BrClO. The molecule has 18 heavy (non-hydrogen) atoms. The zero-order valence-electron chi connectivity index (χ0n) is 9.85. The molecule has 2 aromatic carbocycles. The van der Waals surface area contributed by atoms with Crippen LogP contribution >= 0.6 is 27.5 Å². The van der Waals surface area contributed by atoms with Gasteiger partial charge >= 0.3 is 0 Å². The van der Waals surface area contributed by atoms with Crippen molar-refractivity contribution in [2.24, 2.45) is 0 Å². The lowest BCUT2D eigenvalue weighted by Gasteiger charge is -2.16. The molecule has 94 valence electrons. The minimum Gasteiger partial charge on any atom is -0.368 e. The monoisotopic (exact) mass is 324 g/mol. The van der Waals surface area contributed by atoms with Crippen LogP contribution in [0, 0.1) is 0 Å². The van der Waals surface area contributed by atoms with Gasteiger partial charge in [0.15, 0.2) is 0 Å². The molecule has 0 bridgehead atoms. The second kappa shape index (κ2) is 6.93. The number of rotatable bonds is 5. The summed E-state index contributed by atoms with van der Waals surface area (Å²) in [5, 5.41) is 1.51. The van der Waals surface area contributed by atoms with Crippen LogP contribution in [0.2, 0.25) is 5.02 Å². The second-order valence-electron chi connectivity index (χ2n) is 3.96. The first-order valence-electron chi connectivity index (χ1n) is 5.77. The molecular weight excluding hydrogens is 312 g/mol. The third kappa shape index (κ3) is 3.58. The molecule has 0 aliphatic rings. The van der Waals surface area contributed by atoms with E-state index < -0.39 is 0 Å². The third-order valence-corrected chi connectivity index (χ3v) is 3.67. The van der Waals surface area contributed by atoms with Gasteiger partial charge in [0, 0.05) is 10.4 Å². The van der Waals surface area contributed by atoms with Crippen molar-refractivity contribution in [3.8, 4) is 0 Å². The predicted molar refractivity (Wildman–Crippen MR) is 79.2 cm³/mol. The molecule has 0 saturated heterocycles. The highest BCUT2D eigenvalue weighted by Gasteiger charge is 2.10. The van der Waals surface area contributed by atoms with Crippen LogP contribution in [0.1, 0.15) is 17.2 Å². The van der Waals surface area contributed by atoms with Gasteiger partial charge in [-0.3, -0.25) is 0 Å². The molecule has 0 fully saturated rings. The van der Waals surface area contributed by atoms with Gasteiger partial charge in [-0.25, -0.2) is 0 Å². The largest absolute Gasteiger partial charge is 0.368 e. The molecule has 0 aromatic heterocycles. The van der Waals surface area contributed by atoms with Gasteiger partial charge in [-0.2, -0.15) is 0 Å². The summed E-state index contributed by atoms with van der Waals surface area (Å²) in [6, 6.07) is 17.9.